The second kappa shape index (κ2) is 10.7. The van der Waals surface area contributed by atoms with Gasteiger partial charge in [0.25, 0.3) is 0 Å². The molecule has 3 amide bonds. The smallest absolute Gasteiger partial charge is 0.410 e. The van der Waals surface area contributed by atoms with Crippen molar-refractivity contribution >= 4 is 18.1 Å². The monoisotopic (exact) mass is 479 g/mol. The number of ether oxygens (including phenoxy) is 2. The van der Waals surface area contributed by atoms with Gasteiger partial charge in [0.2, 0.25) is 5.91 Å². The van der Waals surface area contributed by atoms with Gasteiger partial charge in [0.1, 0.15) is 0 Å². The van der Waals surface area contributed by atoms with Gasteiger partial charge in [-0.2, -0.15) is 0 Å². The fourth-order valence-corrected chi connectivity index (χ4v) is 6.31. The van der Waals surface area contributed by atoms with Crippen LogP contribution in [0.2, 0.25) is 0 Å². The van der Waals surface area contributed by atoms with Gasteiger partial charge in [-0.05, 0) is 58.3 Å². The first kappa shape index (κ1) is 25.0. The van der Waals surface area contributed by atoms with Gasteiger partial charge < -0.3 is 19.3 Å². The van der Waals surface area contributed by atoms with Crippen LogP contribution >= 0.6 is 0 Å². The first-order valence-electron chi connectivity index (χ1n) is 12.9. The molecule has 4 rings (SSSR count). The van der Waals surface area contributed by atoms with Gasteiger partial charge in [0.05, 0.1) is 31.3 Å². The fourth-order valence-electron chi connectivity index (χ4n) is 6.31. The zero-order valence-corrected chi connectivity index (χ0v) is 21.1. The molecule has 3 saturated heterocycles. The number of nitrogens with zero attached hydrogens (tertiary/aromatic N) is 4. The molecule has 192 valence electrons. The summed E-state index contributed by atoms with van der Waals surface area (Å²) in [5, 5.41) is 2.25. The Balaban J connectivity index is 1.40. The number of likely N-dealkylation sites (tertiary alicyclic amines) is 1. The van der Waals surface area contributed by atoms with E-state index >= 15 is 0 Å². The van der Waals surface area contributed by atoms with E-state index in [-0.39, 0.29) is 42.3 Å². The minimum atomic E-state index is -0.317. The molecule has 4 fully saturated rings. The lowest BCUT2D eigenvalue weighted by atomic mass is 9.73. The number of nitrogens with one attached hydrogen (secondary N) is 1. The highest BCUT2D eigenvalue weighted by Gasteiger charge is 2.49. The van der Waals surface area contributed by atoms with Gasteiger partial charge in [-0.25, -0.2) is 14.6 Å². The van der Waals surface area contributed by atoms with Crippen LogP contribution in [0.4, 0.5) is 9.59 Å². The number of hydrogen-bond donors (Lipinski definition) is 1. The van der Waals surface area contributed by atoms with Crippen LogP contribution in [-0.2, 0) is 14.3 Å². The molecule has 1 aliphatic carbocycles. The lowest BCUT2D eigenvalue weighted by molar-refractivity contribution is -0.127. The number of rotatable bonds is 5. The van der Waals surface area contributed by atoms with Gasteiger partial charge in [0, 0.05) is 45.7 Å². The molecule has 1 N–H and O–H groups in total. The van der Waals surface area contributed by atoms with E-state index in [1.165, 1.54) is 7.11 Å². The fraction of sp³-hybridized carbons (Fsp3) is 0.875. The molecular formula is C24H41N5O5. The van der Waals surface area contributed by atoms with Crippen molar-refractivity contribution in [3.8, 4) is 0 Å². The Morgan fingerprint density at radius 3 is 2.56 bits per heavy atom. The summed E-state index contributed by atoms with van der Waals surface area (Å²) in [4.78, 5) is 43.2. The summed E-state index contributed by atoms with van der Waals surface area (Å²) in [6, 6.07) is -0.253. The summed E-state index contributed by atoms with van der Waals surface area (Å²) >= 11 is 0. The van der Waals surface area contributed by atoms with Crippen molar-refractivity contribution in [1.82, 2.24) is 25.1 Å². The maximum atomic E-state index is 13.0. The lowest BCUT2D eigenvalue weighted by Gasteiger charge is -2.53. The predicted octanol–water partition coefficient (Wildman–Crippen LogP) is 1.90. The Morgan fingerprint density at radius 2 is 1.88 bits per heavy atom. The Kier molecular flexibility index (Phi) is 7.87. The highest BCUT2D eigenvalue weighted by molar-refractivity contribution is 5.78. The normalized spacial score (nSPS) is 32.3. The second-order valence-corrected chi connectivity index (χ2v) is 10.6. The molecule has 34 heavy (non-hydrogen) atoms. The molecule has 0 aromatic carbocycles. The largest absolute Gasteiger partial charge is 0.453 e. The van der Waals surface area contributed by atoms with Gasteiger partial charge >= 0.3 is 12.2 Å². The Hall–Kier alpha value is -2.07. The Bertz CT molecular complexity index is 764. The molecule has 0 bridgehead atoms. The first-order chi connectivity index (χ1) is 16.3. The van der Waals surface area contributed by atoms with Crippen LogP contribution in [0.15, 0.2) is 0 Å². The number of carbonyl (C=O) groups excluding carboxylic acids is 3. The van der Waals surface area contributed by atoms with Crippen molar-refractivity contribution in [1.29, 1.82) is 0 Å². The number of hydrogen-bond acceptors (Lipinski definition) is 7. The summed E-state index contributed by atoms with van der Waals surface area (Å²) in [6.45, 7) is 10.5. The van der Waals surface area contributed by atoms with E-state index in [9.17, 15) is 14.4 Å². The lowest BCUT2D eigenvalue weighted by Crippen LogP contribution is -2.67. The average Bonchev–Trinajstić information content (AvgIpc) is 3.44. The van der Waals surface area contributed by atoms with Crippen LogP contribution in [0.5, 0.6) is 0 Å². The third-order valence-corrected chi connectivity index (χ3v) is 7.98. The second-order valence-electron chi connectivity index (χ2n) is 10.6. The van der Waals surface area contributed by atoms with Gasteiger partial charge in [-0.15, -0.1) is 0 Å². The zero-order valence-electron chi connectivity index (χ0n) is 21.1. The summed E-state index contributed by atoms with van der Waals surface area (Å²) in [5.41, 5.74) is 3.52. The van der Waals surface area contributed by atoms with E-state index in [1.807, 2.05) is 35.5 Å². The van der Waals surface area contributed by atoms with Crippen LogP contribution in [-0.4, -0.2) is 108 Å². The summed E-state index contributed by atoms with van der Waals surface area (Å²) in [6.07, 6.45) is 3.57. The molecule has 0 radical (unpaired) electrons. The SMILES string of the molecule is COC(=O)N1C2CCC(C3CNN(CCN4CCCC4=O)C3)CC2N(C(=O)OC(C)C)C[C@@H]1C. The van der Waals surface area contributed by atoms with E-state index in [1.54, 1.807) is 0 Å². The maximum absolute atomic E-state index is 13.0. The minimum absolute atomic E-state index is 0.0567. The molecule has 0 aromatic rings. The number of carbonyl (C=O) groups is 3. The van der Waals surface area contributed by atoms with Crippen molar-refractivity contribution in [2.24, 2.45) is 11.8 Å². The number of hydrazine groups is 1. The number of amides is 3. The molecule has 0 spiro atoms. The van der Waals surface area contributed by atoms with Crippen molar-refractivity contribution < 1.29 is 23.9 Å². The highest BCUT2D eigenvalue weighted by atomic mass is 16.6. The van der Waals surface area contributed by atoms with E-state index in [0.29, 0.717) is 24.8 Å². The summed E-state index contributed by atoms with van der Waals surface area (Å²) in [5.74, 6) is 1.20. The van der Waals surface area contributed by atoms with Crippen LogP contribution in [0.1, 0.15) is 52.9 Å². The molecule has 0 aromatic heterocycles. The van der Waals surface area contributed by atoms with E-state index < -0.39 is 0 Å². The zero-order chi connectivity index (χ0) is 24.4. The Morgan fingerprint density at radius 1 is 1.09 bits per heavy atom. The molecule has 10 nitrogen and oxygen atoms in total. The van der Waals surface area contributed by atoms with Gasteiger partial charge in [-0.1, -0.05) is 0 Å². The standard InChI is InChI=1S/C24H41N5O5/c1-16(2)34-23(31)28-14-17(3)29(24(32)33-4)20-8-7-18(12-21(20)28)19-13-25-27(15-19)11-10-26-9-5-6-22(26)30/h16-21,25H,5-15H2,1-4H3/t17-,18?,19?,20?,21?/m0/s1. The number of methoxy groups -OCH3 is 1. The molecule has 3 heterocycles. The van der Waals surface area contributed by atoms with Crippen molar-refractivity contribution in [2.75, 3.05) is 46.4 Å². The van der Waals surface area contributed by atoms with Gasteiger partial charge in [-0.3, -0.25) is 15.1 Å². The first-order valence-corrected chi connectivity index (χ1v) is 12.9. The van der Waals surface area contributed by atoms with Crippen LogP contribution < -0.4 is 5.43 Å². The number of fused-ring (bicyclic) bond motifs is 1. The molecule has 4 aliphatic rings. The Labute approximate surface area is 202 Å². The molecule has 1 saturated carbocycles. The molecule has 4 unspecified atom stereocenters. The molecule has 10 heteroatoms. The average molecular weight is 480 g/mol. The number of piperazine rings is 1. The van der Waals surface area contributed by atoms with E-state index in [2.05, 4.69) is 10.4 Å². The minimum Gasteiger partial charge on any atom is -0.453 e. The third kappa shape index (κ3) is 5.27. The quantitative estimate of drug-likeness (QED) is 0.644. The maximum Gasteiger partial charge on any atom is 0.410 e. The van der Waals surface area contributed by atoms with Crippen LogP contribution in [0.3, 0.4) is 0 Å². The molecular weight excluding hydrogens is 438 g/mol. The van der Waals surface area contributed by atoms with E-state index in [0.717, 1.165) is 58.4 Å². The highest BCUT2D eigenvalue weighted by Crippen LogP contribution is 2.40. The van der Waals surface area contributed by atoms with Gasteiger partial charge in [0.15, 0.2) is 0 Å². The van der Waals surface area contributed by atoms with Crippen molar-refractivity contribution in [2.45, 2.75) is 77.1 Å². The molecule has 5 atom stereocenters. The van der Waals surface area contributed by atoms with E-state index in [4.69, 9.17) is 9.47 Å². The topological polar surface area (TPSA) is 94.7 Å². The summed E-state index contributed by atoms with van der Waals surface area (Å²) < 4.78 is 10.7. The summed E-state index contributed by atoms with van der Waals surface area (Å²) in [7, 11) is 1.42. The van der Waals surface area contributed by atoms with Crippen molar-refractivity contribution in [3.63, 3.8) is 0 Å². The third-order valence-electron chi connectivity index (χ3n) is 7.98. The van der Waals surface area contributed by atoms with Crippen molar-refractivity contribution in [3.05, 3.63) is 0 Å². The molecule has 3 aliphatic heterocycles. The predicted molar refractivity (Wildman–Crippen MR) is 126 cm³/mol. The van der Waals surface area contributed by atoms with Crippen LogP contribution in [0, 0.1) is 11.8 Å². The van der Waals surface area contributed by atoms with Crippen LogP contribution in [0.25, 0.3) is 0 Å².